The summed E-state index contributed by atoms with van der Waals surface area (Å²) in [6.07, 6.45) is 4.13. The Morgan fingerprint density at radius 3 is 2.52 bits per heavy atom. The molecule has 1 aliphatic heterocycles. The fourth-order valence-electron chi connectivity index (χ4n) is 4.22. The minimum absolute atomic E-state index is 0.259. The molecule has 0 bridgehead atoms. The largest absolute Gasteiger partial charge is 0.497 e. The summed E-state index contributed by atoms with van der Waals surface area (Å²) in [4.78, 5) is 32.2. The number of nitrogens with one attached hydrogen (secondary N) is 1. The lowest BCUT2D eigenvalue weighted by molar-refractivity contribution is -0.134. The van der Waals surface area contributed by atoms with Crippen LogP contribution < -0.4 is 10.1 Å². The lowest BCUT2D eigenvalue weighted by atomic mass is 9.88. The Labute approximate surface area is 178 Å². The Kier molecular flexibility index (Phi) is 5.71. The predicted molar refractivity (Wildman–Crippen MR) is 112 cm³/mol. The number of benzene rings is 2. The van der Waals surface area contributed by atoms with E-state index in [4.69, 9.17) is 9.73 Å². The van der Waals surface area contributed by atoms with Crippen molar-refractivity contribution >= 4 is 23.2 Å². The Morgan fingerprint density at radius 1 is 1.13 bits per heavy atom. The summed E-state index contributed by atoms with van der Waals surface area (Å²) >= 11 is 0. The van der Waals surface area contributed by atoms with E-state index >= 15 is 0 Å². The van der Waals surface area contributed by atoms with Crippen LogP contribution in [0.4, 0.5) is 14.5 Å². The summed E-state index contributed by atoms with van der Waals surface area (Å²) in [6.45, 7) is -0.294. The Balaban J connectivity index is 1.59. The highest BCUT2D eigenvalue weighted by molar-refractivity contribution is 6.47. The van der Waals surface area contributed by atoms with Gasteiger partial charge in [0.2, 0.25) is 5.91 Å². The van der Waals surface area contributed by atoms with Crippen molar-refractivity contribution in [3.8, 4) is 5.75 Å². The van der Waals surface area contributed by atoms with Gasteiger partial charge in [-0.05, 0) is 62.1 Å². The average Bonchev–Trinajstić information content (AvgIpc) is 3.03. The minimum Gasteiger partial charge on any atom is -0.497 e. The lowest BCUT2D eigenvalue weighted by Crippen LogP contribution is -2.51. The number of amides is 2. The van der Waals surface area contributed by atoms with Crippen molar-refractivity contribution in [3.63, 3.8) is 0 Å². The Hall–Kier alpha value is -3.29. The number of ether oxygens (including phenoxy) is 1. The van der Waals surface area contributed by atoms with Gasteiger partial charge in [-0.2, -0.15) is 0 Å². The van der Waals surface area contributed by atoms with Gasteiger partial charge in [-0.1, -0.05) is 6.42 Å². The van der Waals surface area contributed by atoms with Crippen LogP contribution in [0.5, 0.6) is 5.75 Å². The third-order valence-electron chi connectivity index (χ3n) is 5.79. The van der Waals surface area contributed by atoms with E-state index in [1.807, 2.05) is 0 Å². The van der Waals surface area contributed by atoms with Crippen LogP contribution in [-0.2, 0) is 9.59 Å². The van der Waals surface area contributed by atoms with Gasteiger partial charge < -0.3 is 15.0 Å². The molecule has 1 N–H and O–H groups in total. The Morgan fingerprint density at radius 2 is 1.84 bits per heavy atom. The van der Waals surface area contributed by atoms with E-state index in [-0.39, 0.29) is 18.1 Å². The van der Waals surface area contributed by atoms with Crippen molar-refractivity contribution < 1.29 is 23.1 Å². The maximum Gasteiger partial charge on any atom is 0.275 e. The van der Waals surface area contributed by atoms with Crippen LogP contribution in [0.2, 0.25) is 0 Å². The number of carbonyl (C=O) groups is 2. The summed E-state index contributed by atoms with van der Waals surface area (Å²) < 4.78 is 32.5. The summed E-state index contributed by atoms with van der Waals surface area (Å²) in [5.74, 6) is -1.70. The second kappa shape index (κ2) is 8.45. The van der Waals surface area contributed by atoms with E-state index in [0.717, 1.165) is 37.5 Å². The molecule has 2 aromatic carbocycles. The summed E-state index contributed by atoms with van der Waals surface area (Å²) in [5.41, 5.74) is -0.0997. The molecule has 4 rings (SSSR count). The maximum absolute atomic E-state index is 13.9. The van der Waals surface area contributed by atoms with Gasteiger partial charge in [0, 0.05) is 11.6 Å². The fraction of sp³-hybridized carbons (Fsp3) is 0.348. The van der Waals surface area contributed by atoms with Gasteiger partial charge in [-0.3, -0.25) is 14.6 Å². The molecule has 0 unspecified atom stereocenters. The molecule has 31 heavy (non-hydrogen) atoms. The highest BCUT2D eigenvalue weighted by Crippen LogP contribution is 2.39. The first-order valence-corrected chi connectivity index (χ1v) is 10.2. The SMILES string of the molecule is COc1ccc(C2=NC3(CCCCC3)N(CC(=O)Nc3cc(F)ccc3F)C2=O)cc1. The molecule has 1 aliphatic carbocycles. The zero-order valence-electron chi connectivity index (χ0n) is 17.2. The number of rotatable bonds is 5. The normalized spacial score (nSPS) is 17.6. The zero-order valence-corrected chi connectivity index (χ0v) is 17.2. The van der Waals surface area contributed by atoms with Crippen LogP contribution in [-0.4, -0.2) is 41.7 Å². The van der Waals surface area contributed by atoms with Gasteiger partial charge >= 0.3 is 0 Å². The van der Waals surface area contributed by atoms with Gasteiger partial charge in [-0.15, -0.1) is 0 Å². The number of hydrogen-bond donors (Lipinski definition) is 1. The molecule has 0 saturated heterocycles. The van der Waals surface area contributed by atoms with Gasteiger partial charge in [-0.25, -0.2) is 8.78 Å². The number of hydrogen-bond acceptors (Lipinski definition) is 4. The van der Waals surface area contributed by atoms with Crippen molar-refractivity contribution in [1.29, 1.82) is 0 Å². The van der Waals surface area contributed by atoms with Crippen LogP contribution in [0.25, 0.3) is 0 Å². The van der Waals surface area contributed by atoms with Crippen molar-refractivity contribution in [2.45, 2.75) is 37.8 Å². The topological polar surface area (TPSA) is 71.0 Å². The molecular formula is C23H23F2N3O3. The molecule has 0 radical (unpaired) electrons. The molecule has 162 valence electrons. The number of aliphatic imine (C=N–C) groups is 1. The molecule has 1 heterocycles. The summed E-state index contributed by atoms with van der Waals surface area (Å²) in [7, 11) is 1.56. The number of halogens is 2. The van der Waals surface area contributed by atoms with Gasteiger partial charge in [0.15, 0.2) is 0 Å². The van der Waals surface area contributed by atoms with E-state index < -0.39 is 23.2 Å². The highest BCUT2D eigenvalue weighted by atomic mass is 19.1. The van der Waals surface area contributed by atoms with Crippen molar-refractivity contribution in [2.75, 3.05) is 19.0 Å². The molecule has 1 saturated carbocycles. The molecule has 1 spiro atoms. The standard InChI is InChI=1S/C23H23F2N3O3/c1-31-17-8-5-15(6-9-17)21-22(30)28(23(27-21)11-3-2-4-12-23)14-20(29)26-19-13-16(24)7-10-18(19)25/h5-10,13H,2-4,11-12,14H2,1H3,(H,26,29). The average molecular weight is 427 g/mol. The van der Waals surface area contributed by atoms with Crippen LogP contribution in [0.15, 0.2) is 47.5 Å². The fourth-order valence-corrected chi connectivity index (χ4v) is 4.22. The molecule has 6 nitrogen and oxygen atoms in total. The highest BCUT2D eigenvalue weighted by Gasteiger charge is 2.48. The van der Waals surface area contributed by atoms with E-state index in [0.29, 0.717) is 29.9 Å². The minimum atomic E-state index is -0.789. The molecule has 0 atom stereocenters. The first-order chi connectivity index (χ1) is 14.9. The van der Waals surface area contributed by atoms with Crippen LogP contribution in [0, 0.1) is 11.6 Å². The molecule has 2 amide bonds. The number of anilines is 1. The smallest absolute Gasteiger partial charge is 0.275 e. The van der Waals surface area contributed by atoms with Crippen molar-refractivity contribution in [3.05, 3.63) is 59.7 Å². The second-order valence-electron chi connectivity index (χ2n) is 7.80. The maximum atomic E-state index is 13.9. The Bertz CT molecular complexity index is 1030. The van der Waals surface area contributed by atoms with Gasteiger partial charge in [0.1, 0.15) is 35.3 Å². The first-order valence-electron chi connectivity index (χ1n) is 10.2. The number of methoxy groups -OCH3 is 1. The number of carbonyl (C=O) groups excluding carboxylic acids is 2. The monoisotopic (exact) mass is 427 g/mol. The van der Waals surface area contributed by atoms with Crippen molar-refractivity contribution in [1.82, 2.24) is 4.90 Å². The molecule has 1 fully saturated rings. The summed E-state index contributed by atoms with van der Waals surface area (Å²) in [6, 6.07) is 9.85. The van der Waals surface area contributed by atoms with E-state index in [9.17, 15) is 18.4 Å². The van der Waals surface area contributed by atoms with Crippen LogP contribution >= 0.6 is 0 Å². The van der Waals surface area contributed by atoms with E-state index in [1.54, 1.807) is 31.4 Å². The molecule has 0 aromatic heterocycles. The summed E-state index contributed by atoms with van der Waals surface area (Å²) in [5, 5.41) is 2.37. The molecule has 2 aromatic rings. The van der Waals surface area contributed by atoms with E-state index in [1.165, 1.54) is 4.90 Å². The first kappa shape index (κ1) is 21.0. The third kappa shape index (κ3) is 4.15. The molecule has 8 heteroatoms. The quantitative estimate of drug-likeness (QED) is 0.787. The molecule has 2 aliphatic rings. The predicted octanol–water partition coefficient (Wildman–Crippen LogP) is 3.90. The zero-order chi connectivity index (χ0) is 22.0. The van der Waals surface area contributed by atoms with Crippen LogP contribution in [0.3, 0.4) is 0 Å². The van der Waals surface area contributed by atoms with Crippen LogP contribution in [0.1, 0.15) is 37.7 Å². The second-order valence-corrected chi connectivity index (χ2v) is 7.80. The lowest BCUT2D eigenvalue weighted by Gasteiger charge is -2.38. The van der Waals surface area contributed by atoms with Crippen molar-refractivity contribution in [2.24, 2.45) is 4.99 Å². The molecular weight excluding hydrogens is 404 g/mol. The van der Waals surface area contributed by atoms with Gasteiger partial charge in [0.05, 0.1) is 12.8 Å². The number of nitrogens with zero attached hydrogens (tertiary/aromatic N) is 2. The van der Waals surface area contributed by atoms with E-state index in [2.05, 4.69) is 5.32 Å². The third-order valence-corrected chi connectivity index (χ3v) is 5.79. The van der Waals surface area contributed by atoms with Gasteiger partial charge in [0.25, 0.3) is 5.91 Å².